The first kappa shape index (κ1) is 14.6. The van der Waals surface area contributed by atoms with Crippen molar-refractivity contribution in [1.82, 2.24) is 0 Å². The number of carboxylic acids is 1. The number of aryl methyl sites for hydroxylation is 1. The molecule has 1 rings (SSSR count). The molecule has 0 aliphatic heterocycles. The predicted octanol–water partition coefficient (Wildman–Crippen LogP) is 3.53. The lowest BCUT2D eigenvalue weighted by atomic mass is 9.86. The highest BCUT2D eigenvalue weighted by molar-refractivity contribution is 5.67. The van der Waals surface area contributed by atoms with Gasteiger partial charge in [0.2, 0.25) is 0 Å². The van der Waals surface area contributed by atoms with Crippen LogP contribution in [-0.4, -0.2) is 17.2 Å². The first-order chi connectivity index (χ1) is 8.20. The average Bonchev–Trinajstić information content (AvgIpc) is 2.18. The summed E-state index contributed by atoms with van der Waals surface area (Å²) in [6.07, 6.45) is -0.304. The van der Waals surface area contributed by atoms with E-state index in [1.165, 1.54) is 5.56 Å². The molecular weight excluding hydrogens is 228 g/mol. The molecule has 0 amide bonds. The van der Waals surface area contributed by atoms with E-state index >= 15 is 0 Å². The first-order valence-electron chi connectivity index (χ1n) is 6.19. The molecule has 0 spiro atoms. The summed E-state index contributed by atoms with van der Waals surface area (Å²) < 4.78 is 5.64. The normalized spacial score (nSPS) is 13.2. The molecule has 0 aromatic heterocycles. The maximum absolute atomic E-state index is 10.6. The molecule has 18 heavy (non-hydrogen) atoms. The van der Waals surface area contributed by atoms with Crippen molar-refractivity contribution in [2.24, 2.45) is 0 Å². The molecule has 3 nitrogen and oxygen atoms in total. The molecule has 0 fully saturated rings. The van der Waals surface area contributed by atoms with Crippen LogP contribution in [0.15, 0.2) is 18.2 Å². The van der Waals surface area contributed by atoms with Crippen LogP contribution in [0, 0.1) is 6.92 Å². The van der Waals surface area contributed by atoms with Crippen LogP contribution in [-0.2, 0) is 10.2 Å². The molecule has 0 saturated carbocycles. The zero-order valence-corrected chi connectivity index (χ0v) is 11.8. The highest BCUT2D eigenvalue weighted by atomic mass is 16.5. The minimum atomic E-state index is -0.841. The Kier molecular flexibility index (Phi) is 4.38. The number of hydrogen-bond acceptors (Lipinski definition) is 2. The van der Waals surface area contributed by atoms with Gasteiger partial charge in [-0.05, 0) is 36.5 Å². The molecule has 0 aliphatic rings. The summed E-state index contributed by atoms with van der Waals surface area (Å²) in [7, 11) is 0. The van der Waals surface area contributed by atoms with Gasteiger partial charge in [-0.25, -0.2) is 0 Å². The van der Waals surface area contributed by atoms with Gasteiger partial charge < -0.3 is 9.84 Å². The van der Waals surface area contributed by atoms with Gasteiger partial charge in [-0.3, -0.25) is 4.79 Å². The zero-order chi connectivity index (χ0) is 13.9. The highest BCUT2D eigenvalue weighted by Gasteiger charge is 2.16. The number of ether oxygens (including phenoxy) is 1. The third kappa shape index (κ3) is 4.06. The van der Waals surface area contributed by atoms with Crippen molar-refractivity contribution in [2.75, 3.05) is 0 Å². The van der Waals surface area contributed by atoms with E-state index in [1.807, 2.05) is 19.1 Å². The van der Waals surface area contributed by atoms with Gasteiger partial charge in [0.25, 0.3) is 0 Å². The van der Waals surface area contributed by atoms with Crippen LogP contribution in [0.3, 0.4) is 0 Å². The predicted molar refractivity (Wildman–Crippen MR) is 72.2 cm³/mol. The minimum Gasteiger partial charge on any atom is -0.490 e. The Hall–Kier alpha value is -1.51. The highest BCUT2D eigenvalue weighted by Crippen LogP contribution is 2.28. The Morgan fingerprint density at radius 2 is 2.00 bits per heavy atom. The van der Waals surface area contributed by atoms with Gasteiger partial charge >= 0.3 is 5.97 Å². The monoisotopic (exact) mass is 250 g/mol. The Morgan fingerprint density at radius 3 is 2.44 bits per heavy atom. The second kappa shape index (κ2) is 5.42. The molecule has 100 valence electrons. The van der Waals surface area contributed by atoms with Crippen LogP contribution in [0.2, 0.25) is 0 Å². The number of carbonyl (C=O) groups is 1. The topological polar surface area (TPSA) is 46.5 Å². The summed E-state index contributed by atoms with van der Waals surface area (Å²) in [5.41, 5.74) is 2.40. The fourth-order valence-electron chi connectivity index (χ4n) is 1.75. The first-order valence-corrected chi connectivity index (χ1v) is 6.19. The largest absolute Gasteiger partial charge is 0.490 e. The fourth-order valence-corrected chi connectivity index (χ4v) is 1.75. The van der Waals surface area contributed by atoms with Crippen LogP contribution in [0.4, 0.5) is 0 Å². The minimum absolute atomic E-state index is 0.0143. The van der Waals surface area contributed by atoms with E-state index < -0.39 is 5.97 Å². The summed E-state index contributed by atoms with van der Waals surface area (Å²) in [5.74, 6) is -0.0804. The fraction of sp³-hybridized carbons (Fsp3) is 0.533. The number of benzene rings is 1. The van der Waals surface area contributed by atoms with Crippen molar-refractivity contribution in [3.05, 3.63) is 29.3 Å². The quantitative estimate of drug-likeness (QED) is 0.889. The van der Waals surface area contributed by atoms with Gasteiger partial charge in [-0.1, -0.05) is 32.9 Å². The van der Waals surface area contributed by atoms with E-state index in [0.29, 0.717) is 0 Å². The van der Waals surface area contributed by atoms with Crippen LogP contribution < -0.4 is 4.74 Å². The van der Waals surface area contributed by atoms with E-state index in [2.05, 4.69) is 26.8 Å². The van der Waals surface area contributed by atoms with Gasteiger partial charge in [0.1, 0.15) is 11.9 Å². The van der Waals surface area contributed by atoms with Crippen LogP contribution in [0.5, 0.6) is 5.75 Å². The Morgan fingerprint density at radius 1 is 1.39 bits per heavy atom. The third-order valence-corrected chi connectivity index (χ3v) is 2.83. The molecule has 1 aromatic carbocycles. The van der Waals surface area contributed by atoms with Crippen molar-refractivity contribution in [1.29, 1.82) is 0 Å². The van der Waals surface area contributed by atoms with Crippen molar-refractivity contribution in [3.8, 4) is 5.75 Å². The van der Waals surface area contributed by atoms with Gasteiger partial charge in [-0.15, -0.1) is 0 Å². The van der Waals surface area contributed by atoms with Crippen molar-refractivity contribution < 1.29 is 14.6 Å². The summed E-state index contributed by atoms with van der Waals surface area (Å²) in [6.45, 7) is 10.2. The van der Waals surface area contributed by atoms with E-state index in [4.69, 9.17) is 9.84 Å². The SMILES string of the molecule is Cc1cc(C(C)(C)C)ccc1O[C@H](C)CC(=O)O. The van der Waals surface area contributed by atoms with E-state index in [-0.39, 0.29) is 17.9 Å². The zero-order valence-electron chi connectivity index (χ0n) is 11.8. The van der Waals surface area contributed by atoms with Crippen molar-refractivity contribution in [3.63, 3.8) is 0 Å². The van der Waals surface area contributed by atoms with Crippen LogP contribution in [0.1, 0.15) is 45.2 Å². The van der Waals surface area contributed by atoms with Crippen molar-refractivity contribution in [2.45, 2.75) is 52.6 Å². The molecular formula is C15H22O3. The molecule has 0 heterocycles. The lowest BCUT2D eigenvalue weighted by Gasteiger charge is -2.21. The second-order valence-corrected chi connectivity index (χ2v) is 5.76. The van der Waals surface area contributed by atoms with Gasteiger partial charge in [0, 0.05) is 0 Å². The van der Waals surface area contributed by atoms with Crippen LogP contribution >= 0.6 is 0 Å². The summed E-state index contributed by atoms with van der Waals surface area (Å²) in [4.78, 5) is 10.6. The molecule has 0 radical (unpaired) electrons. The standard InChI is InChI=1S/C15H22O3/c1-10-8-12(15(3,4)5)6-7-13(10)18-11(2)9-14(16)17/h6-8,11H,9H2,1-5H3,(H,16,17)/t11-/m1/s1. The smallest absolute Gasteiger partial charge is 0.307 e. The van der Waals surface area contributed by atoms with Crippen molar-refractivity contribution >= 4 is 5.97 Å². The summed E-state index contributed by atoms with van der Waals surface area (Å²) in [5, 5.41) is 8.70. The van der Waals surface area contributed by atoms with E-state index in [9.17, 15) is 4.79 Å². The average molecular weight is 250 g/mol. The van der Waals surface area contributed by atoms with Gasteiger partial charge in [-0.2, -0.15) is 0 Å². The molecule has 0 aliphatic carbocycles. The Bertz CT molecular complexity index is 430. The van der Waals surface area contributed by atoms with Crippen LogP contribution in [0.25, 0.3) is 0 Å². The molecule has 0 saturated heterocycles. The van der Waals surface area contributed by atoms with Gasteiger partial charge in [0.15, 0.2) is 0 Å². The summed E-state index contributed by atoms with van der Waals surface area (Å²) in [6, 6.07) is 6.06. The van der Waals surface area contributed by atoms with E-state index in [0.717, 1.165) is 11.3 Å². The Balaban J connectivity index is 2.83. The van der Waals surface area contributed by atoms with Gasteiger partial charge in [0.05, 0.1) is 6.42 Å². The maximum atomic E-state index is 10.6. The molecule has 0 unspecified atom stereocenters. The number of rotatable bonds is 4. The summed E-state index contributed by atoms with van der Waals surface area (Å²) >= 11 is 0. The molecule has 0 bridgehead atoms. The molecule has 3 heteroatoms. The molecule has 1 aromatic rings. The Labute approximate surface area is 109 Å². The lowest BCUT2D eigenvalue weighted by Crippen LogP contribution is -2.17. The molecule has 1 N–H and O–H groups in total. The lowest BCUT2D eigenvalue weighted by molar-refractivity contribution is -0.138. The second-order valence-electron chi connectivity index (χ2n) is 5.76. The van der Waals surface area contributed by atoms with E-state index in [1.54, 1.807) is 6.92 Å². The third-order valence-electron chi connectivity index (χ3n) is 2.83. The number of aliphatic carboxylic acids is 1. The number of carboxylic acid groups (broad SMARTS) is 1. The molecule has 1 atom stereocenters. The maximum Gasteiger partial charge on any atom is 0.307 e. The number of hydrogen-bond donors (Lipinski definition) is 1.